The van der Waals surface area contributed by atoms with Crippen molar-refractivity contribution in [2.45, 2.75) is 0 Å². The van der Waals surface area contributed by atoms with E-state index in [0.717, 1.165) is 5.69 Å². The van der Waals surface area contributed by atoms with Gasteiger partial charge in [0.05, 0.1) is 24.8 Å². The molecule has 2 aromatic rings. The Morgan fingerprint density at radius 2 is 2.32 bits per heavy atom. The van der Waals surface area contributed by atoms with Crippen LogP contribution >= 0.6 is 0 Å². The molecular weight excluding hydrogens is 246 g/mol. The molecule has 1 amide bonds. The van der Waals surface area contributed by atoms with Crippen LogP contribution < -0.4 is 10.6 Å². The van der Waals surface area contributed by atoms with Gasteiger partial charge in [-0.1, -0.05) is 0 Å². The first-order chi connectivity index (χ1) is 9.29. The number of pyridine rings is 1. The Labute approximate surface area is 110 Å². The third-order valence-electron chi connectivity index (χ3n) is 2.39. The molecule has 2 rings (SSSR count). The molecule has 2 aromatic heterocycles. The molecule has 0 aromatic carbocycles. The minimum Gasteiger partial charge on any atom is -0.459 e. The topological polar surface area (TPSA) is 76.4 Å². The van der Waals surface area contributed by atoms with E-state index in [4.69, 9.17) is 9.15 Å². The summed E-state index contributed by atoms with van der Waals surface area (Å²) in [6.07, 6.45) is 3.10. The van der Waals surface area contributed by atoms with Gasteiger partial charge in [0.2, 0.25) is 0 Å². The van der Waals surface area contributed by atoms with Crippen LogP contribution in [0.2, 0.25) is 0 Å². The van der Waals surface area contributed by atoms with E-state index in [9.17, 15) is 4.79 Å². The number of carbonyl (C=O) groups is 1. The molecule has 0 spiro atoms. The van der Waals surface area contributed by atoms with Gasteiger partial charge in [-0.2, -0.15) is 0 Å². The number of nitrogens with zero attached hydrogens (tertiary/aromatic N) is 1. The fourth-order valence-electron chi connectivity index (χ4n) is 1.46. The van der Waals surface area contributed by atoms with Crippen LogP contribution in [0.1, 0.15) is 10.6 Å². The fraction of sp³-hybridized carbons (Fsp3) is 0.231. The zero-order valence-corrected chi connectivity index (χ0v) is 10.6. The van der Waals surface area contributed by atoms with Gasteiger partial charge in [0.1, 0.15) is 5.82 Å². The van der Waals surface area contributed by atoms with Crippen molar-refractivity contribution in [2.24, 2.45) is 0 Å². The molecular formula is C13H15N3O3. The zero-order valence-electron chi connectivity index (χ0n) is 10.6. The number of ether oxygens (including phenoxy) is 1. The van der Waals surface area contributed by atoms with Gasteiger partial charge in [-0.3, -0.25) is 4.79 Å². The molecule has 2 heterocycles. The molecule has 0 bridgehead atoms. The van der Waals surface area contributed by atoms with Crippen LogP contribution in [0.3, 0.4) is 0 Å². The molecule has 100 valence electrons. The van der Waals surface area contributed by atoms with E-state index in [0.29, 0.717) is 19.0 Å². The van der Waals surface area contributed by atoms with Crippen molar-refractivity contribution in [2.75, 3.05) is 30.9 Å². The van der Waals surface area contributed by atoms with Crippen molar-refractivity contribution in [1.82, 2.24) is 4.98 Å². The van der Waals surface area contributed by atoms with E-state index in [1.807, 2.05) is 6.07 Å². The van der Waals surface area contributed by atoms with Gasteiger partial charge in [0.25, 0.3) is 5.91 Å². The SMILES string of the molecule is COCCNc1ccc(NC(=O)c2ccco2)nc1. The third-order valence-corrected chi connectivity index (χ3v) is 2.39. The number of aromatic nitrogens is 1. The first kappa shape index (κ1) is 13.1. The Balaban J connectivity index is 1.90. The number of furan rings is 1. The maximum Gasteiger partial charge on any atom is 0.292 e. The largest absolute Gasteiger partial charge is 0.459 e. The van der Waals surface area contributed by atoms with E-state index >= 15 is 0 Å². The second-order valence-electron chi connectivity index (χ2n) is 3.78. The van der Waals surface area contributed by atoms with Crippen LogP contribution in [0.15, 0.2) is 41.1 Å². The number of hydrogen-bond donors (Lipinski definition) is 2. The summed E-state index contributed by atoms with van der Waals surface area (Å²) in [4.78, 5) is 15.8. The average molecular weight is 261 g/mol. The predicted molar refractivity (Wildman–Crippen MR) is 71.3 cm³/mol. The number of nitrogens with one attached hydrogen (secondary N) is 2. The molecule has 6 nitrogen and oxygen atoms in total. The first-order valence-corrected chi connectivity index (χ1v) is 5.83. The smallest absolute Gasteiger partial charge is 0.292 e. The Bertz CT molecular complexity index is 508. The monoisotopic (exact) mass is 261 g/mol. The molecule has 0 aliphatic rings. The highest BCUT2D eigenvalue weighted by atomic mass is 16.5. The molecule has 0 unspecified atom stereocenters. The normalized spacial score (nSPS) is 10.2. The summed E-state index contributed by atoms with van der Waals surface area (Å²) in [6.45, 7) is 1.33. The fourth-order valence-corrected chi connectivity index (χ4v) is 1.46. The summed E-state index contributed by atoms with van der Waals surface area (Å²) in [5, 5.41) is 5.78. The van der Waals surface area contributed by atoms with Gasteiger partial charge in [0.15, 0.2) is 5.76 Å². The summed E-state index contributed by atoms with van der Waals surface area (Å²) in [6, 6.07) is 6.80. The van der Waals surface area contributed by atoms with Gasteiger partial charge in [-0.05, 0) is 24.3 Å². The van der Waals surface area contributed by atoms with Gasteiger partial charge >= 0.3 is 0 Å². The van der Waals surface area contributed by atoms with Crippen molar-refractivity contribution in [3.8, 4) is 0 Å². The standard InChI is InChI=1S/C13H15N3O3/c1-18-8-6-14-10-4-5-12(15-9-10)16-13(17)11-3-2-7-19-11/h2-5,7,9,14H,6,8H2,1H3,(H,15,16,17). The Morgan fingerprint density at radius 1 is 1.42 bits per heavy atom. The van der Waals surface area contributed by atoms with Gasteiger partial charge in [0, 0.05) is 13.7 Å². The lowest BCUT2D eigenvalue weighted by atomic mass is 10.3. The third kappa shape index (κ3) is 3.82. The van der Waals surface area contributed by atoms with E-state index in [2.05, 4.69) is 15.6 Å². The number of rotatable bonds is 6. The minimum atomic E-state index is -0.322. The van der Waals surface area contributed by atoms with E-state index < -0.39 is 0 Å². The lowest BCUT2D eigenvalue weighted by Crippen LogP contribution is -2.12. The molecule has 19 heavy (non-hydrogen) atoms. The van der Waals surface area contributed by atoms with Crippen LogP contribution in [0, 0.1) is 0 Å². The highest BCUT2D eigenvalue weighted by Gasteiger charge is 2.08. The summed E-state index contributed by atoms with van der Waals surface area (Å²) in [5.74, 6) is 0.403. The Hall–Kier alpha value is -2.34. The predicted octanol–water partition coefficient (Wildman–Crippen LogP) is 1.99. The number of amides is 1. The maximum absolute atomic E-state index is 11.7. The molecule has 2 N–H and O–H groups in total. The van der Waals surface area contributed by atoms with Crippen molar-refractivity contribution < 1.29 is 13.9 Å². The number of carbonyl (C=O) groups excluding carboxylic acids is 1. The molecule has 0 saturated heterocycles. The van der Waals surface area contributed by atoms with Crippen LogP contribution in [-0.4, -0.2) is 31.2 Å². The Morgan fingerprint density at radius 3 is 2.95 bits per heavy atom. The molecule has 0 saturated carbocycles. The average Bonchev–Trinajstić information content (AvgIpc) is 2.95. The van der Waals surface area contributed by atoms with Gasteiger partial charge in [-0.25, -0.2) is 4.98 Å². The van der Waals surface area contributed by atoms with Crippen molar-refractivity contribution in [3.05, 3.63) is 42.5 Å². The summed E-state index contributed by atoms with van der Waals surface area (Å²) in [7, 11) is 1.65. The van der Waals surface area contributed by atoms with Crippen molar-refractivity contribution in [3.63, 3.8) is 0 Å². The van der Waals surface area contributed by atoms with Gasteiger partial charge in [-0.15, -0.1) is 0 Å². The van der Waals surface area contributed by atoms with Gasteiger partial charge < -0.3 is 19.8 Å². The Kier molecular flexibility index (Phi) is 4.52. The first-order valence-electron chi connectivity index (χ1n) is 5.83. The molecule has 0 aliphatic carbocycles. The van der Waals surface area contributed by atoms with Crippen LogP contribution in [0.5, 0.6) is 0 Å². The lowest BCUT2D eigenvalue weighted by molar-refractivity contribution is 0.0996. The summed E-state index contributed by atoms with van der Waals surface area (Å²) < 4.78 is 9.92. The second-order valence-corrected chi connectivity index (χ2v) is 3.78. The molecule has 0 aliphatic heterocycles. The highest BCUT2D eigenvalue weighted by Crippen LogP contribution is 2.11. The minimum absolute atomic E-state index is 0.254. The van der Waals surface area contributed by atoms with Crippen molar-refractivity contribution in [1.29, 1.82) is 0 Å². The molecule has 6 heteroatoms. The highest BCUT2D eigenvalue weighted by molar-refractivity contribution is 6.01. The van der Waals surface area contributed by atoms with E-state index in [1.54, 1.807) is 31.5 Å². The van der Waals surface area contributed by atoms with Crippen molar-refractivity contribution >= 4 is 17.4 Å². The summed E-state index contributed by atoms with van der Waals surface area (Å²) in [5.41, 5.74) is 0.869. The lowest BCUT2D eigenvalue weighted by Gasteiger charge is -2.06. The number of anilines is 2. The maximum atomic E-state index is 11.7. The zero-order chi connectivity index (χ0) is 13.5. The van der Waals surface area contributed by atoms with E-state index in [-0.39, 0.29) is 11.7 Å². The summed E-state index contributed by atoms with van der Waals surface area (Å²) >= 11 is 0. The van der Waals surface area contributed by atoms with Crippen LogP contribution in [0.4, 0.5) is 11.5 Å². The number of methoxy groups -OCH3 is 1. The van der Waals surface area contributed by atoms with Crippen LogP contribution in [0.25, 0.3) is 0 Å². The molecule has 0 radical (unpaired) electrons. The quantitative estimate of drug-likeness (QED) is 0.778. The number of hydrogen-bond acceptors (Lipinski definition) is 5. The molecule has 0 fully saturated rings. The molecule has 0 atom stereocenters. The second kappa shape index (κ2) is 6.55. The van der Waals surface area contributed by atoms with Crippen LogP contribution in [-0.2, 0) is 4.74 Å². The van der Waals surface area contributed by atoms with E-state index in [1.165, 1.54) is 6.26 Å².